The summed E-state index contributed by atoms with van der Waals surface area (Å²) < 4.78 is -1.99. The molecule has 2 aromatic carbocycles. The van der Waals surface area contributed by atoms with Crippen LogP contribution >= 0.6 is 34.8 Å². The van der Waals surface area contributed by atoms with Crippen molar-refractivity contribution in [1.29, 1.82) is 0 Å². The highest BCUT2D eigenvalue weighted by atomic mass is 35.6. The number of nitro benzene ring substituents is 2. The van der Waals surface area contributed by atoms with Gasteiger partial charge in [-0.3, -0.25) is 25.0 Å². The summed E-state index contributed by atoms with van der Waals surface area (Å²) in [6, 6.07) is 9.55. The first-order valence-corrected chi connectivity index (χ1v) is 8.75. The Bertz CT molecular complexity index is 900. The van der Waals surface area contributed by atoms with Gasteiger partial charge in [-0.15, -0.1) is 0 Å². The summed E-state index contributed by atoms with van der Waals surface area (Å²) in [5.41, 5.74) is -0.102. The number of amides is 1. The molecular formula is C16H13Cl3N4O5. The largest absolute Gasteiger partial charge is 0.362 e. The molecule has 0 fully saturated rings. The molecule has 0 saturated heterocycles. The number of hydrogen-bond donors (Lipinski definition) is 2. The van der Waals surface area contributed by atoms with Crippen molar-refractivity contribution in [3.05, 3.63) is 73.8 Å². The average molecular weight is 448 g/mol. The number of carbonyl (C=O) groups is 1. The lowest BCUT2D eigenvalue weighted by molar-refractivity contribution is -0.394. The van der Waals surface area contributed by atoms with Crippen LogP contribution in [-0.2, 0) is 0 Å². The van der Waals surface area contributed by atoms with Crippen LogP contribution in [0.3, 0.4) is 0 Å². The standard InChI is InChI=1S/C16H13Cl3N4O5/c1-9-3-2-4-11(5-9)20-15(16(17,18)19)21-14(24)10-6-12(22(25)26)8-13(7-10)23(27)28/h2-8,15,20H,1H3,(H,21,24)/t15-/m0/s1. The first-order valence-electron chi connectivity index (χ1n) is 7.62. The van der Waals surface area contributed by atoms with Gasteiger partial charge in [-0.1, -0.05) is 46.9 Å². The zero-order valence-electron chi connectivity index (χ0n) is 14.2. The van der Waals surface area contributed by atoms with Crippen LogP contribution in [0.1, 0.15) is 15.9 Å². The highest BCUT2D eigenvalue weighted by Gasteiger charge is 2.35. The third-order valence-electron chi connectivity index (χ3n) is 3.52. The molecule has 28 heavy (non-hydrogen) atoms. The number of nitrogens with zero attached hydrogens (tertiary/aromatic N) is 2. The molecule has 0 heterocycles. The van der Waals surface area contributed by atoms with Crippen molar-refractivity contribution in [3.63, 3.8) is 0 Å². The molecule has 148 valence electrons. The lowest BCUT2D eigenvalue weighted by Gasteiger charge is -2.27. The van der Waals surface area contributed by atoms with Crippen molar-refractivity contribution < 1.29 is 14.6 Å². The maximum absolute atomic E-state index is 12.5. The van der Waals surface area contributed by atoms with Gasteiger partial charge in [-0.2, -0.15) is 0 Å². The summed E-state index contributed by atoms with van der Waals surface area (Å²) in [6.07, 6.45) is -1.23. The first kappa shape index (κ1) is 21.7. The summed E-state index contributed by atoms with van der Waals surface area (Å²) >= 11 is 17.8. The number of alkyl halides is 3. The molecule has 1 amide bonds. The molecule has 0 bridgehead atoms. The molecule has 0 saturated carbocycles. The van der Waals surface area contributed by atoms with Crippen molar-refractivity contribution >= 4 is 57.8 Å². The molecule has 0 aliphatic heterocycles. The van der Waals surface area contributed by atoms with E-state index in [1.54, 1.807) is 18.2 Å². The SMILES string of the molecule is Cc1cccc(N[C@@H](NC(=O)c2cc([N+](=O)[O-])cc([N+](=O)[O-])c2)C(Cl)(Cl)Cl)c1. The van der Waals surface area contributed by atoms with Gasteiger partial charge in [0.1, 0.15) is 6.17 Å². The summed E-state index contributed by atoms with van der Waals surface area (Å²) in [5.74, 6) is -0.900. The monoisotopic (exact) mass is 446 g/mol. The van der Waals surface area contributed by atoms with Gasteiger partial charge < -0.3 is 10.6 Å². The van der Waals surface area contributed by atoms with Gasteiger partial charge in [0.15, 0.2) is 0 Å². The van der Waals surface area contributed by atoms with Gasteiger partial charge in [0, 0.05) is 17.8 Å². The molecule has 12 heteroatoms. The Hall–Kier alpha value is -2.62. The van der Waals surface area contributed by atoms with Gasteiger partial charge in [0.25, 0.3) is 17.3 Å². The minimum absolute atomic E-state index is 0.328. The Morgan fingerprint density at radius 3 is 2.07 bits per heavy atom. The minimum atomic E-state index is -1.99. The van der Waals surface area contributed by atoms with E-state index in [2.05, 4.69) is 10.6 Å². The van der Waals surface area contributed by atoms with E-state index in [1.165, 1.54) is 0 Å². The van der Waals surface area contributed by atoms with Crippen molar-refractivity contribution in [1.82, 2.24) is 5.32 Å². The topological polar surface area (TPSA) is 127 Å². The fraction of sp³-hybridized carbons (Fsp3) is 0.188. The van der Waals surface area contributed by atoms with E-state index < -0.39 is 37.1 Å². The van der Waals surface area contributed by atoms with Crippen molar-refractivity contribution in [2.24, 2.45) is 0 Å². The third-order valence-corrected chi connectivity index (χ3v) is 4.17. The van der Waals surface area contributed by atoms with Crippen LogP contribution < -0.4 is 10.6 Å². The fourth-order valence-electron chi connectivity index (χ4n) is 2.25. The average Bonchev–Trinajstić information content (AvgIpc) is 2.59. The number of anilines is 1. The Kier molecular flexibility index (Phi) is 6.65. The Labute approximate surface area is 173 Å². The molecule has 2 N–H and O–H groups in total. The minimum Gasteiger partial charge on any atom is -0.362 e. The van der Waals surface area contributed by atoms with E-state index in [1.807, 2.05) is 13.0 Å². The molecule has 0 radical (unpaired) electrons. The van der Waals surface area contributed by atoms with Crippen LogP contribution in [0.25, 0.3) is 0 Å². The molecule has 0 spiro atoms. The Balaban J connectivity index is 2.33. The number of carbonyl (C=O) groups excluding carboxylic acids is 1. The van der Waals surface area contributed by atoms with Crippen LogP contribution in [0, 0.1) is 27.2 Å². The Morgan fingerprint density at radius 2 is 1.61 bits per heavy atom. The number of benzene rings is 2. The van der Waals surface area contributed by atoms with Crippen LogP contribution in [0.5, 0.6) is 0 Å². The van der Waals surface area contributed by atoms with Crippen LogP contribution in [-0.4, -0.2) is 25.7 Å². The number of nitro groups is 2. The highest BCUT2D eigenvalue weighted by Crippen LogP contribution is 2.32. The van der Waals surface area contributed by atoms with E-state index in [9.17, 15) is 25.0 Å². The van der Waals surface area contributed by atoms with Gasteiger partial charge in [0.05, 0.1) is 21.5 Å². The third kappa shape index (κ3) is 5.69. The van der Waals surface area contributed by atoms with Gasteiger partial charge in [-0.05, 0) is 24.6 Å². The maximum Gasteiger partial charge on any atom is 0.277 e. The molecule has 0 aliphatic carbocycles. The maximum atomic E-state index is 12.5. The van der Waals surface area contributed by atoms with Crippen LogP contribution in [0.15, 0.2) is 42.5 Å². The van der Waals surface area contributed by atoms with Crippen LogP contribution in [0.2, 0.25) is 0 Å². The van der Waals surface area contributed by atoms with E-state index in [0.29, 0.717) is 5.69 Å². The second-order valence-corrected chi connectivity index (χ2v) is 8.08. The highest BCUT2D eigenvalue weighted by molar-refractivity contribution is 6.68. The van der Waals surface area contributed by atoms with Crippen molar-refractivity contribution in [2.45, 2.75) is 16.9 Å². The molecule has 2 aromatic rings. The molecule has 0 aromatic heterocycles. The predicted molar refractivity (Wildman–Crippen MR) is 106 cm³/mol. The zero-order valence-corrected chi connectivity index (χ0v) is 16.5. The van der Waals surface area contributed by atoms with E-state index in [-0.39, 0.29) is 5.56 Å². The second-order valence-electron chi connectivity index (χ2n) is 5.71. The molecule has 9 nitrogen and oxygen atoms in total. The number of aryl methyl sites for hydroxylation is 1. The van der Waals surface area contributed by atoms with E-state index in [0.717, 1.165) is 23.8 Å². The number of non-ortho nitro benzene ring substituents is 2. The summed E-state index contributed by atoms with van der Waals surface area (Å²) in [7, 11) is 0. The number of nitrogens with one attached hydrogen (secondary N) is 2. The number of halogens is 3. The molecular weight excluding hydrogens is 435 g/mol. The zero-order chi connectivity index (χ0) is 21.1. The van der Waals surface area contributed by atoms with Crippen LogP contribution in [0.4, 0.5) is 17.1 Å². The second kappa shape index (κ2) is 8.59. The summed E-state index contributed by atoms with van der Waals surface area (Å²) in [4.78, 5) is 32.8. The smallest absolute Gasteiger partial charge is 0.277 e. The Morgan fingerprint density at radius 1 is 1.04 bits per heavy atom. The number of hydrogen-bond acceptors (Lipinski definition) is 6. The molecule has 0 aliphatic rings. The summed E-state index contributed by atoms with van der Waals surface area (Å²) in [6.45, 7) is 1.84. The van der Waals surface area contributed by atoms with E-state index in [4.69, 9.17) is 34.8 Å². The first-order chi connectivity index (χ1) is 13.0. The van der Waals surface area contributed by atoms with E-state index >= 15 is 0 Å². The molecule has 1 atom stereocenters. The van der Waals surface area contributed by atoms with Gasteiger partial charge in [0.2, 0.25) is 3.79 Å². The van der Waals surface area contributed by atoms with Crippen molar-refractivity contribution in [2.75, 3.05) is 5.32 Å². The van der Waals surface area contributed by atoms with Gasteiger partial charge >= 0.3 is 0 Å². The molecule has 2 rings (SSSR count). The normalized spacial score (nSPS) is 12.1. The lowest BCUT2D eigenvalue weighted by Crippen LogP contribution is -2.49. The number of rotatable bonds is 6. The fourth-order valence-corrected chi connectivity index (χ4v) is 2.58. The predicted octanol–water partition coefficient (Wildman–Crippen LogP) is 4.35. The molecule has 0 unspecified atom stereocenters. The van der Waals surface area contributed by atoms with Gasteiger partial charge in [-0.25, -0.2) is 0 Å². The summed E-state index contributed by atoms with van der Waals surface area (Å²) in [5, 5.41) is 27.2. The lowest BCUT2D eigenvalue weighted by atomic mass is 10.1. The van der Waals surface area contributed by atoms with Crippen molar-refractivity contribution in [3.8, 4) is 0 Å². The quantitative estimate of drug-likeness (QED) is 0.293.